The predicted molar refractivity (Wildman–Crippen MR) is 78.9 cm³/mol. The van der Waals surface area contributed by atoms with E-state index in [0.717, 1.165) is 0 Å². The van der Waals surface area contributed by atoms with Crippen molar-refractivity contribution in [3.05, 3.63) is 43.5 Å². The molecule has 0 fully saturated rings. The summed E-state index contributed by atoms with van der Waals surface area (Å²) >= 11 is 3.21. The number of aldehydes is 1. The van der Waals surface area contributed by atoms with Crippen LogP contribution in [0, 0.1) is 24.0 Å². The number of benzene rings is 1. The first kappa shape index (κ1) is 15.2. The van der Waals surface area contributed by atoms with Crippen LogP contribution in [-0.2, 0) is 7.05 Å². The quantitative estimate of drug-likeness (QED) is 0.478. The fourth-order valence-electron chi connectivity index (χ4n) is 1.99. The Kier molecular flexibility index (Phi) is 4.08. The highest BCUT2D eigenvalue weighted by atomic mass is 79.9. The summed E-state index contributed by atoms with van der Waals surface area (Å²) in [5.41, 5.74) is 1.17. The lowest BCUT2D eigenvalue weighted by atomic mass is 10.2. The minimum atomic E-state index is -0.531. The molecule has 1 aromatic heterocycles. The van der Waals surface area contributed by atoms with Crippen LogP contribution >= 0.6 is 15.9 Å². The Bertz CT molecular complexity index is 740. The van der Waals surface area contributed by atoms with Crippen LogP contribution in [0.5, 0.6) is 11.6 Å². The summed E-state index contributed by atoms with van der Waals surface area (Å²) in [4.78, 5) is 21.8. The summed E-state index contributed by atoms with van der Waals surface area (Å²) in [6.07, 6.45) is 0.623. The third-order valence-electron chi connectivity index (χ3n) is 2.95. The van der Waals surface area contributed by atoms with E-state index in [1.807, 2.05) is 0 Å². The van der Waals surface area contributed by atoms with Gasteiger partial charge in [0.15, 0.2) is 6.29 Å². The van der Waals surface area contributed by atoms with E-state index in [1.165, 1.54) is 10.7 Å². The van der Waals surface area contributed by atoms with Crippen molar-refractivity contribution in [2.45, 2.75) is 13.8 Å². The zero-order valence-electron chi connectivity index (χ0n) is 11.6. The van der Waals surface area contributed by atoms with Crippen LogP contribution in [-0.4, -0.2) is 21.0 Å². The Balaban J connectivity index is 2.59. The number of aryl methyl sites for hydroxylation is 3. The SMILES string of the molecule is Cc1cc(Br)cc([N+](=O)[O-])c1Oc1c(C=O)c(C)nn1C. The minimum absolute atomic E-state index is 0.0919. The normalized spacial score (nSPS) is 10.5. The van der Waals surface area contributed by atoms with Crippen molar-refractivity contribution in [2.24, 2.45) is 7.05 Å². The maximum Gasteiger partial charge on any atom is 0.313 e. The summed E-state index contributed by atoms with van der Waals surface area (Å²) in [5.74, 6) is 0.269. The number of nitro benzene ring substituents is 1. The van der Waals surface area contributed by atoms with E-state index in [-0.39, 0.29) is 22.9 Å². The lowest BCUT2D eigenvalue weighted by Crippen LogP contribution is -2.01. The zero-order valence-corrected chi connectivity index (χ0v) is 13.2. The van der Waals surface area contributed by atoms with E-state index >= 15 is 0 Å². The lowest BCUT2D eigenvalue weighted by Gasteiger charge is -2.10. The van der Waals surface area contributed by atoms with Crippen molar-refractivity contribution < 1.29 is 14.5 Å². The van der Waals surface area contributed by atoms with Gasteiger partial charge in [-0.15, -0.1) is 0 Å². The maximum atomic E-state index is 11.2. The topological polar surface area (TPSA) is 87.3 Å². The Morgan fingerprint density at radius 3 is 2.67 bits per heavy atom. The Labute approximate surface area is 128 Å². The van der Waals surface area contributed by atoms with Crippen LogP contribution in [0.1, 0.15) is 21.6 Å². The molecule has 110 valence electrons. The van der Waals surface area contributed by atoms with Gasteiger partial charge in [0.1, 0.15) is 0 Å². The van der Waals surface area contributed by atoms with E-state index in [2.05, 4.69) is 21.0 Å². The predicted octanol–water partition coefficient (Wildman–Crippen LogP) is 3.31. The number of carbonyl (C=O) groups is 1. The Morgan fingerprint density at radius 1 is 1.43 bits per heavy atom. The highest BCUT2D eigenvalue weighted by molar-refractivity contribution is 9.10. The highest BCUT2D eigenvalue weighted by Gasteiger charge is 2.23. The first-order chi connectivity index (χ1) is 9.85. The van der Waals surface area contributed by atoms with Gasteiger partial charge in [-0.05, 0) is 19.9 Å². The molecule has 0 bridgehead atoms. The summed E-state index contributed by atoms with van der Waals surface area (Å²) in [6.45, 7) is 3.36. The van der Waals surface area contributed by atoms with Gasteiger partial charge in [0.25, 0.3) is 0 Å². The van der Waals surface area contributed by atoms with Crippen LogP contribution < -0.4 is 4.74 Å². The molecule has 0 amide bonds. The van der Waals surface area contributed by atoms with Gasteiger partial charge in [-0.3, -0.25) is 14.9 Å². The van der Waals surface area contributed by atoms with E-state index in [1.54, 1.807) is 27.0 Å². The number of hydrogen-bond acceptors (Lipinski definition) is 5. The third-order valence-corrected chi connectivity index (χ3v) is 3.41. The van der Waals surface area contributed by atoms with Crippen molar-refractivity contribution in [1.82, 2.24) is 9.78 Å². The summed E-state index contributed by atoms with van der Waals surface area (Å²) < 4.78 is 7.60. The molecule has 0 saturated heterocycles. The summed E-state index contributed by atoms with van der Waals surface area (Å²) in [6, 6.07) is 3.05. The lowest BCUT2D eigenvalue weighted by molar-refractivity contribution is -0.385. The van der Waals surface area contributed by atoms with Gasteiger partial charge in [0.05, 0.1) is 16.2 Å². The molecule has 0 aliphatic rings. The molecule has 0 N–H and O–H groups in total. The number of carbonyl (C=O) groups excluding carboxylic acids is 1. The van der Waals surface area contributed by atoms with Crippen molar-refractivity contribution in [3.8, 4) is 11.6 Å². The van der Waals surface area contributed by atoms with Gasteiger partial charge < -0.3 is 4.74 Å². The van der Waals surface area contributed by atoms with Gasteiger partial charge in [-0.1, -0.05) is 15.9 Å². The Hall–Kier alpha value is -2.22. The van der Waals surface area contributed by atoms with Gasteiger partial charge >= 0.3 is 5.69 Å². The average molecular weight is 354 g/mol. The largest absolute Gasteiger partial charge is 0.431 e. The Morgan fingerprint density at radius 2 is 2.10 bits per heavy atom. The van der Waals surface area contributed by atoms with E-state index in [0.29, 0.717) is 22.0 Å². The third kappa shape index (κ3) is 2.80. The fourth-order valence-corrected chi connectivity index (χ4v) is 2.55. The second-order valence-electron chi connectivity index (χ2n) is 4.48. The minimum Gasteiger partial charge on any atom is -0.431 e. The molecule has 0 aliphatic carbocycles. The van der Waals surface area contributed by atoms with Gasteiger partial charge in [-0.25, -0.2) is 4.68 Å². The second-order valence-corrected chi connectivity index (χ2v) is 5.39. The summed E-state index contributed by atoms with van der Waals surface area (Å²) in [7, 11) is 1.61. The molecule has 0 saturated carbocycles. The van der Waals surface area contributed by atoms with Crippen LogP contribution in [0.2, 0.25) is 0 Å². The van der Waals surface area contributed by atoms with Crippen molar-refractivity contribution in [3.63, 3.8) is 0 Å². The fraction of sp³-hybridized carbons (Fsp3) is 0.231. The molecular formula is C13H12BrN3O4. The number of nitrogens with zero attached hydrogens (tertiary/aromatic N) is 3. The summed E-state index contributed by atoms with van der Waals surface area (Å²) in [5, 5.41) is 15.3. The maximum absolute atomic E-state index is 11.2. The number of rotatable bonds is 4. The van der Waals surface area contributed by atoms with E-state index in [4.69, 9.17) is 4.74 Å². The van der Waals surface area contributed by atoms with E-state index < -0.39 is 4.92 Å². The molecule has 0 atom stereocenters. The van der Waals surface area contributed by atoms with Crippen LogP contribution in [0.25, 0.3) is 0 Å². The van der Waals surface area contributed by atoms with E-state index in [9.17, 15) is 14.9 Å². The smallest absolute Gasteiger partial charge is 0.313 e. The van der Waals surface area contributed by atoms with Crippen LogP contribution in [0.15, 0.2) is 16.6 Å². The standard InChI is InChI=1S/C13H12BrN3O4/c1-7-4-9(14)5-11(17(19)20)12(7)21-13-10(6-18)8(2)15-16(13)3/h4-6H,1-3H3. The molecule has 7 nitrogen and oxygen atoms in total. The van der Waals surface area contributed by atoms with Crippen LogP contribution in [0.4, 0.5) is 5.69 Å². The molecule has 0 unspecified atom stereocenters. The van der Waals surface area contributed by atoms with Gasteiger partial charge in [0.2, 0.25) is 11.6 Å². The number of aromatic nitrogens is 2. The number of hydrogen-bond donors (Lipinski definition) is 0. The van der Waals surface area contributed by atoms with Gasteiger partial charge in [0, 0.05) is 23.2 Å². The number of halogens is 1. The average Bonchev–Trinajstić information content (AvgIpc) is 2.66. The molecule has 1 aromatic carbocycles. The molecule has 1 heterocycles. The van der Waals surface area contributed by atoms with Crippen molar-refractivity contribution >= 4 is 27.9 Å². The highest BCUT2D eigenvalue weighted by Crippen LogP contribution is 2.38. The molecule has 8 heteroatoms. The first-order valence-corrected chi connectivity index (χ1v) is 6.75. The van der Waals surface area contributed by atoms with Crippen LogP contribution in [0.3, 0.4) is 0 Å². The molecule has 21 heavy (non-hydrogen) atoms. The number of ether oxygens (including phenoxy) is 1. The van der Waals surface area contributed by atoms with Crippen molar-refractivity contribution in [2.75, 3.05) is 0 Å². The molecule has 2 rings (SSSR count). The molecular weight excluding hydrogens is 342 g/mol. The monoisotopic (exact) mass is 353 g/mol. The second kappa shape index (κ2) is 5.65. The van der Waals surface area contributed by atoms with Gasteiger partial charge in [-0.2, -0.15) is 5.10 Å². The first-order valence-electron chi connectivity index (χ1n) is 5.96. The molecule has 0 spiro atoms. The molecule has 0 radical (unpaired) electrons. The number of nitro groups is 1. The van der Waals surface area contributed by atoms with Crippen molar-refractivity contribution in [1.29, 1.82) is 0 Å². The molecule has 2 aromatic rings. The molecule has 0 aliphatic heterocycles. The zero-order chi connectivity index (χ0) is 15.7.